The van der Waals surface area contributed by atoms with Gasteiger partial charge < -0.3 is 9.47 Å². The van der Waals surface area contributed by atoms with Gasteiger partial charge in [0.05, 0.1) is 6.61 Å². The van der Waals surface area contributed by atoms with Crippen molar-refractivity contribution in [2.75, 3.05) is 6.61 Å². The third-order valence-electron chi connectivity index (χ3n) is 5.61. The molecule has 3 aliphatic rings. The van der Waals surface area contributed by atoms with Gasteiger partial charge in [-0.1, -0.05) is 26.8 Å². The van der Waals surface area contributed by atoms with Crippen molar-refractivity contribution in [2.45, 2.75) is 52.7 Å². The Morgan fingerprint density at radius 2 is 2.17 bits per heavy atom. The Labute approximate surface area is 109 Å². The normalized spacial score (nSPS) is 40.9. The lowest BCUT2D eigenvalue weighted by Crippen LogP contribution is -2.34. The van der Waals surface area contributed by atoms with Gasteiger partial charge in [0, 0.05) is 17.4 Å². The minimum absolute atomic E-state index is 0.0205. The van der Waals surface area contributed by atoms with Crippen molar-refractivity contribution < 1.29 is 14.3 Å². The average molecular weight is 250 g/mol. The van der Waals surface area contributed by atoms with Crippen molar-refractivity contribution in [1.29, 1.82) is 0 Å². The summed E-state index contributed by atoms with van der Waals surface area (Å²) in [7, 11) is 0. The van der Waals surface area contributed by atoms with Gasteiger partial charge in [-0.2, -0.15) is 0 Å². The SMILES string of the molecule is CC12CCC(C=C1C(=O)OC1CCCO1)C2(C)C. The second-order valence-electron chi connectivity index (χ2n) is 6.63. The van der Waals surface area contributed by atoms with E-state index >= 15 is 0 Å². The van der Waals surface area contributed by atoms with E-state index in [1.54, 1.807) is 0 Å². The van der Waals surface area contributed by atoms with Gasteiger partial charge in [-0.25, -0.2) is 4.79 Å². The molecule has 1 saturated carbocycles. The van der Waals surface area contributed by atoms with Crippen LogP contribution in [-0.2, 0) is 14.3 Å². The van der Waals surface area contributed by atoms with Crippen LogP contribution in [0.1, 0.15) is 46.5 Å². The first kappa shape index (κ1) is 12.2. The van der Waals surface area contributed by atoms with Crippen LogP contribution in [0.4, 0.5) is 0 Å². The van der Waals surface area contributed by atoms with Gasteiger partial charge in [0.1, 0.15) is 0 Å². The molecule has 3 rings (SSSR count). The summed E-state index contributed by atoms with van der Waals surface area (Å²) in [5, 5.41) is 0. The molecule has 2 aliphatic carbocycles. The van der Waals surface area contributed by atoms with E-state index in [0.29, 0.717) is 12.5 Å². The standard InChI is InChI=1S/C15H22O3/c1-14(2)10-6-7-15(14,3)11(9-10)13(16)18-12-5-4-8-17-12/h9-10,12H,4-8H2,1-3H3. The smallest absolute Gasteiger partial charge is 0.336 e. The van der Waals surface area contributed by atoms with Gasteiger partial charge in [0.15, 0.2) is 0 Å². The number of hydrogen-bond donors (Lipinski definition) is 0. The second-order valence-corrected chi connectivity index (χ2v) is 6.63. The first-order valence-electron chi connectivity index (χ1n) is 7.00. The Balaban J connectivity index is 1.77. The average Bonchev–Trinajstić information content (AvgIpc) is 2.93. The first-order valence-corrected chi connectivity index (χ1v) is 7.00. The summed E-state index contributed by atoms with van der Waals surface area (Å²) in [5.74, 6) is 0.370. The van der Waals surface area contributed by atoms with Crippen LogP contribution in [0.3, 0.4) is 0 Å². The van der Waals surface area contributed by atoms with E-state index in [-0.39, 0.29) is 23.1 Å². The molecular weight excluding hydrogens is 228 g/mol. The van der Waals surface area contributed by atoms with Crippen LogP contribution in [0, 0.1) is 16.7 Å². The highest BCUT2D eigenvalue weighted by Crippen LogP contribution is 2.65. The number of allylic oxidation sites excluding steroid dienone is 1. The zero-order valence-corrected chi connectivity index (χ0v) is 11.5. The molecule has 18 heavy (non-hydrogen) atoms. The summed E-state index contributed by atoms with van der Waals surface area (Å²) in [4.78, 5) is 12.3. The van der Waals surface area contributed by atoms with E-state index in [1.165, 1.54) is 6.42 Å². The third kappa shape index (κ3) is 1.49. The fourth-order valence-corrected chi connectivity index (χ4v) is 3.81. The maximum Gasteiger partial charge on any atom is 0.336 e. The molecule has 0 aromatic heterocycles. The Morgan fingerprint density at radius 1 is 1.39 bits per heavy atom. The van der Waals surface area contributed by atoms with Crippen LogP contribution in [0.25, 0.3) is 0 Å². The molecule has 0 spiro atoms. The van der Waals surface area contributed by atoms with E-state index in [0.717, 1.165) is 24.8 Å². The van der Waals surface area contributed by atoms with E-state index in [4.69, 9.17) is 9.47 Å². The second kappa shape index (κ2) is 3.83. The molecule has 0 N–H and O–H groups in total. The molecule has 100 valence electrons. The lowest BCUT2D eigenvalue weighted by molar-refractivity contribution is -0.166. The minimum Gasteiger partial charge on any atom is -0.432 e. The van der Waals surface area contributed by atoms with Crippen molar-refractivity contribution in [2.24, 2.45) is 16.7 Å². The third-order valence-corrected chi connectivity index (χ3v) is 5.61. The molecule has 3 atom stereocenters. The number of carbonyl (C=O) groups excluding carboxylic acids is 1. The molecule has 0 amide bonds. The van der Waals surface area contributed by atoms with E-state index in [2.05, 4.69) is 26.8 Å². The Hall–Kier alpha value is -0.830. The van der Waals surface area contributed by atoms with Gasteiger partial charge in [-0.05, 0) is 30.6 Å². The molecule has 3 nitrogen and oxygen atoms in total. The highest BCUT2D eigenvalue weighted by molar-refractivity contribution is 5.91. The molecule has 0 aromatic carbocycles. The van der Waals surface area contributed by atoms with Crippen LogP contribution < -0.4 is 0 Å². The zero-order valence-electron chi connectivity index (χ0n) is 11.5. The zero-order chi connectivity index (χ0) is 13.0. The predicted molar refractivity (Wildman–Crippen MR) is 67.8 cm³/mol. The van der Waals surface area contributed by atoms with Crippen LogP contribution in [0.2, 0.25) is 0 Å². The van der Waals surface area contributed by atoms with Crippen molar-refractivity contribution in [3.8, 4) is 0 Å². The summed E-state index contributed by atoms with van der Waals surface area (Å²) in [5.41, 5.74) is 1.05. The number of rotatable bonds is 2. The minimum atomic E-state index is -0.316. The summed E-state index contributed by atoms with van der Waals surface area (Å²) in [6, 6.07) is 0. The maximum absolute atomic E-state index is 12.3. The lowest BCUT2D eigenvalue weighted by Gasteiger charge is -2.36. The quantitative estimate of drug-likeness (QED) is 0.707. The molecule has 1 aliphatic heterocycles. The first-order chi connectivity index (χ1) is 8.45. The number of esters is 1. The summed E-state index contributed by atoms with van der Waals surface area (Å²) < 4.78 is 10.9. The van der Waals surface area contributed by atoms with E-state index < -0.39 is 0 Å². The highest BCUT2D eigenvalue weighted by atomic mass is 16.7. The summed E-state index contributed by atoms with van der Waals surface area (Å²) >= 11 is 0. The van der Waals surface area contributed by atoms with E-state index in [9.17, 15) is 4.79 Å². The molecule has 2 bridgehead atoms. The van der Waals surface area contributed by atoms with Crippen molar-refractivity contribution in [3.63, 3.8) is 0 Å². The highest BCUT2D eigenvalue weighted by Gasteiger charge is 2.59. The monoisotopic (exact) mass is 250 g/mol. The molecule has 3 heteroatoms. The lowest BCUT2D eigenvalue weighted by atomic mass is 9.67. The Bertz CT molecular complexity index is 404. The van der Waals surface area contributed by atoms with Crippen LogP contribution in [0.15, 0.2) is 11.6 Å². The van der Waals surface area contributed by atoms with E-state index in [1.807, 2.05) is 0 Å². The number of fused-ring (bicyclic) bond motifs is 2. The molecule has 0 radical (unpaired) electrons. The van der Waals surface area contributed by atoms with Gasteiger partial charge >= 0.3 is 5.97 Å². The topological polar surface area (TPSA) is 35.5 Å². The van der Waals surface area contributed by atoms with Gasteiger partial charge in [-0.15, -0.1) is 0 Å². The fraction of sp³-hybridized carbons (Fsp3) is 0.800. The Morgan fingerprint density at radius 3 is 2.67 bits per heavy atom. The molecule has 3 unspecified atom stereocenters. The number of carbonyl (C=O) groups is 1. The Kier molecular flexibility index (Phi) is 2.60. The predicted octanol–water partition coefficient (Wildman–Crippen LogP) is 3.05. The summed E-state index contributed by atoms with van der Waals surface area (Å²) in [6.07, 6.45) is 5.95. The largest absolute Gasteiger partial charge is 0.432 e. The van der Waals surface area contributed by atoms with Crippen LogP contribution >= 0.6 is 0 Å². The fourth-order valence-electron chi connectivity index (χ4n) is 3.81. The van der Waals surface area contributed by atoms with Crippen LogP contribution in [0.5, 0.6) is 0 Å². The van der Waals surface area contributed by atoms with Crippen molar-refractivity contribution in [3.05, 3.63) is 11.6 Å². The molecule has 1 heterocycles. The van der Waals surface area contributed by atoms with Gasteiger partial charge in [0.25, 0.3) is 0 Å². The van der Waals surface area contributed by atoms with Gasteiger partial charge in [0.2, 0.25) is 6.29 Å². The summed E-state index contributed by atoms with van der Waals surface area (Å²) in [6.45, 7) is 7.46. The number of ether oxygens (including phenoxy) is 2. The number of hydrogen-bond acceptors (Lipinski definition) is 3. The maximum atomic E-state index is 12.3. The molecule has 2 fully saturated rings. The van der Waals surface area contributed by atoms with Crippen molar-refractivity contribution in [1.82, 2.24) is 0 Å². The molecule has 0 aromatic rings. The molecule has 1 saturated heterocycles. The van der Waals surface area contributed by atoms with Crippen molar-refractivity contribution >= 4 is 5.97 Å². The van der Waals surface area contributed by atoms with Crippen LogP contribution in [-0.4, -0.2) is 18.9 Å². The van der Waals surface area contributed by atoms with Gasteiger partial charge in [-0.3, -0.25) is 0 Å². The molecular formula is C15H22O3.